The van der Waals surface area contributed by atoms with E-state index in [0.717, 1.165) is 0 Å². The van der Waals surface area contributed by atoms with E-state index in [1.54, 1.807) is 36.0 Å². The average molecular weight is 527 g/mol. The molecule has 2 amide bonds. The number of para-hydroxylation sites is 1. The van der Waals surface area contributed by atoms with Gasteiger partial charge in [-0.2, -0.15) is 0 Å². The standard InChI is InChI=1S/C29H27FN6O3/c1-29(2,3)24-15-26(39-35-24)34-28(38)33-22-13-17(10-11-21(22)30)20-12-18-16-32-25(31-4)14-23(18)36(27(20)37)19-8-6-5-7-9-19/h5-16H,1-4H3,(H,31,32)(H2,33,34,38). The van der Waals surface area contributed by atoms with E-state index in [-0.39, 0.29) is 22.5 Å². The summed E-state index contributed by atoms with van der Waals surface area (Å²) in [7, 11) is 1.75. The monoisotopic (exact) mass is 526 g/mol. The summed E-state index contributed by atoms with van der Waals surface area (Å²) in [5.41, 5.74) is 2.06. The fraction of sp³-hybridized carbons (Fsp3) is 0.172. The summed E-state index contributed by atoms with van der Waals surface area (Å²) in [6.45, 7) is 5.89. The van der Waals surface area contributed by atoms with Gasteiger partial charge in [-0.05, 0) is 35.9 Å². The zero-order chi connectivity index (χ0) is 27.7. The number of anilines is 3. The molecule has 0 bridgehead atoms. The molecule has 0 atom stereocenters. The first-order valence-corrected chi connectivity index (χ1v) is 12.3. The van der Waals surface area contributed by atoms with Crippen LogP contribution in [0.1, 0.15) is 26.5 Å². The van der Waals surface area contributed by atoms with E-state index in [1.807, 2.05) is 51.1 Å². The number of carbonyl (C=O) groups is 1. The van der Waals surface area contributed by atoms with Crippen LogP contribution in [-0.2, 0) is 5.41 Å². The summed E-state index contributed by atoms with van der Waals surface area (Å²) in [6.07, 6.45) is 1.67. The molecule has 0 aliphatic carbocycles. The summed E-state index contributed by atoms with van der Waals surface area (Å²) in [5, 5.41) is 12.7. The van der Waals surface area contributed by atoms with Gasteiger partial charge in [-0.1, -0.05) is 50.2 Å². The molecule has 5 aromatic rings. The first kappa shape index (κ1) is 25.7. The van der Waals surface area contributed by atoms with Crippen molar-refractivity contribution in [1.82, 2.24) is 14.7 Å². The molecule has 10 heteroatoms. The van der Waals surface area contributed by atoms with Crippen molar-refractivity contribution >= 4 is 34.3 Å². The summed E-state index contributed by atoms with van der Waals surface area (Å²) >= 11 is 0. The Morgan fingerprint density at radius 1 is 1.00 bits per heavy atom. The second-order valence-electron chi connectivity index (χ2n) is 10.0. The summed E-state index contributed by atoms with van der Waals surface area (Å²) in [5.74, 6) is 0.0778. The Hall–Kier alpha value is -4.99. The van der Waals surface area contributed by atoms with E-state index >= 15 is 0 Å². The van der Waals surface area contributed by atoms with Crippen LogP contribution in [0.5, 0.6) is 0 Å². The molecule has 39 heavy (non-hydrogen) atoms. The highest BCUT2D eigenvalue weighted by Crippen LogP contribution is 2.28. The van der Waals surface area contributed by atoms with Crippen molar-refractivity contribution < 1.29 is 13.7 Å². The molecule has 0 aliphatic heterocycles. The van der Waals surface area contributed by atoms with Gasteiger partial charge in [0.1, 0.15) is 11.6 Å². The van der Waals surface area contributed by atoms with Crippen molar-refractivity contribution in [3.63, 3.8) is 0 Å². The minimum atomic E-state index is -0.716. The normalized spacial score (nSPS) is 11.4. The number of hydrogen-bond donors (Lipinski definition) is 3. The van der Waals surface area contributed by atoms with Gasteiger partial charge in [0.15, 0.2) is 0 Å². The molecule has 3 heterocycles. The van der Waals surface area contributed by atoms with Gasteiger partial charge in [0.25, 0.3) is 5.56 Å². The topological polar surface area (TPSA) is 114 Å². The van der Waals surface area contributed by atoms with Gasteiger partial charge in [-0.25, -0.2) is 14.2 Å². The predicted molar refractivity (Wildman–Crippen MR) is 150 cm³/mol. The molecule has 5 rings (SSSR count). The molecule has 0 unspecified atom stereocenters. The fourth-order valence-corrected chi connectivity index (χ4v) is 4.13. The molecule has 9 nitrogen and oxygen atoms in total. The third-order valence-electron chi connectivity index (χ3n) is 6.20. The maximum absolute atomic E-state index is 14.7. The Morgan fingerprint density at radius 3 is 2.46 bits per heavy atom. The number of fused-ring (bicyclic) bond motifs is 1. The van der Waals surface area contributed by atoms with Gasteiger partial charge in [-0.3, -0.25) is 14.7 Å². The maximum atomic E-state index is 14.7. The minimum Gasteiger partial charge on any atom is -0.373 e. The van der Waals surface area contributed by atoms with E-state index in [9.17, 15) is 14.0 Å². The largest absolute Gasteiger partial charge is 0.373 e. The third kappa shape index (κ3) is 5.22. The summed E-state index contributed by atoms with van der Waals surface area (Å²) in [6, 6.07) is 17.8. The van der Waals surface area contributed by atoms with E-state index < -0.39 is 11.8 Å². The first-order valence-electron chi connectivity index (χ1n) is 12.3. The van der Waals surface area contributed by atoms with Crippen LogP contribution in [0.2, 0.25) is 0 Å². The summed E-state index contributed by atoms with van der Waals surface area (Å²) in [4.78, 5) is 30.8. The number of pyridine rings is 2. The number of amides is 2. The van der Waals surface area contributed by atoms with E-state index in [2.05, 4.69) is 26.1 Å². The number of hydrogen-bond acceptors (Lipinski definition) is 6. The molecular weight excluding hydrogens is 499 g/mol. The zero-order valence-electron chi connectivity index (χ0n) is 21.9. The summed E-state index contributed by atoms with van der Waals surface area (Å²) < 4.78 is 21.5. The number of nitrogens with one attached hydrogen (secondary N) is 3. The van der Waals surface area contributed by atoms with Gasteiger partial charge in [-0.15, -0.1) is 0 Å². The SMILES string of the molecule is CNc1cc2c(cn1)cc(-c1ccc(F)c(NC(=O)Nc3cc(C(C)(C)C)no3)c1)c(=O)n2-c1ccccc1. The predicted octanol–water partition coefficient (Wildman–Crippen LogP) is 6.16. The molecule has 0 fully saturated rings. The van der Waals surface area contributed by atoms with Crippen molar-refractivity contribution in [2.45, 2.75) is 26.2 Å². The van der Waals surface area contributed by atoms with Crippen LogP contribution in [0.3, 0.4) is 0 Å². The smallest absolute Gasteiger partial charge is 0.326 e. The van der Waals surface area contributed by atoms with Crippen LogP contribution in [0.25, 0.3) is 27.7 Å². The highest BCUT2D eigenvalue weighted by Gasteiger charge is 2.20. The van der Waals surface area contributed by atoms with Gasteiger partial charge in [0.2, 0.25) is 5.88 Å². The Labute approximate surface area is 223 Å². The van der Waals surface area contributed by atoms with Crippen molar-refractivity contribution in [2.75, 3.05) is 23.0 Å². The number of urea groups is 1. The van der Waals surface area contributed by atoms with E-state index in [0.29, 0.717) is 39.2 Å². The van der Waals surface area contributed by atoms with Gasteiger partial charge < -0.3 is 15.2 Å². The molecule has 2 aromatic carbocycles. The van der Waals surface area contributed by atoms with Crippen LogP contribution in [0.4, 0.5) is 26.6 Å². The first-order chi connectivity index (χ1) is 18.6. The minimum absolute atomic E-state index is 0.102. The molecular formula is C29H27FN6O3. The van der Waals surface area contributed by atoms with Crippen molar-refractivity contribution in [2.24, 2.45) is 0 Å². The second-order valence-corrected chi connectivity index (χ2v) is 10.0. The average Bonchev–Trinajstić information content (AvgIpc) is 3.39. The van der Waals surface area contributed by atoms with Crippen LogP contribution < -0.4 is 21.5 Å². The molecule has 0 saturated heterocycles. The molecule has 0 saturated carbocycles. The van der Waals surface area contributed by atoms with Crippen molar-refractivity contribution in [3.05, 3.63) is 94.8 Å². The number of aromatic nitrogens is 3. The van der Waals surface area contributed by atoms with Crippen molar-refractivity contribution in [1.29, 1.82) is 0 Å². The van der Waals surface area contributed by atoms with E-state index in [1.165, 1.54) is 18.2 Å². The van der Waals surface area contributed by atoms with Gasteiger partial charge >= 0.3 is 6.03 Å². The highest BCUT2D eigenvalue weighted by atomic mass is 19.1. The highest BCUT2D eigenvalue weighted by molar-refractivity contribution is 5.99. The van der Waals surface area contributed by atoms with Crippen LogP contribution >= 0.6 is 0 Å². The van der Waals surface area contributed by atoms with Gasteiger partial charge in [0.05, 0.1) is 16.9 Å². The lowest BCUT2D eigenvalue weighted by atomic mass is 9.92. The lowest BCUT2D eigenvalue weighted by Gasteiger charge is -2.15. The Morgan fingerprint density at radius 2 is 1.77 bits per heavy atom. The quantitative estimate of drug-likeness (QED) is 0.253. The lowest BCUT2D eigenvalue weighted by Crippen LogP contribution is -2.21. The number of rotatable bonds is 5. The molecule has 3 N–H and O–H groups in total. The van der Waals surface area contributed by atoms with Gasteiger partial charge in [0, 0.05) is 47.4 Å². The van der Waals surface area contributed by atoms with Crippen LogP contribution in [0, 0.1) is 5.82 Å². The lowest BCUT2D eigenvalue weighted by molar-refractivity contribution is 0.261. The molecule has 0 radical (unpaired) electrons. The Balaban J connectivity index is 1.53. The second kappa shape index (κ2) is 10.1. The zero-order valence-corrected chi connectivity index (χ0v) is 21.9. The maximum Gasteiger partial charge on any atom is 0.326 e. The molecule has 3 aromatic heterocycles. The molecule has 198 valence electrons. The fourth-order valence-electron chi connectivity index (χ4n) is 4.13. The van der Waals surface area contributed by atoms with Crippen molar-refractivity contribution in [3.8, 4) is 16.8 Å². The number of halogens is 1. The molecule has 0 aliphatic rings. The Kier molecular flexibility index (Phi) is 6.61. The number of benzene rings is 2. The number of nitrogens with zero attached hydrogens (tertiary/aromatic N) is 3. The van der Waals surface area contributed by atoms with E-state index in [4.69, 9.17) is 4.52 Å². The third-order valence-corrected chi connectivity index (χ3v) is 6.20. The number of carbonyl (C=O) groups excluding carboxylic acids is 1. The van der Waals surface area contributed by atoms with Crippen LogP contribution in [-0.4, -0.2) is 27.8 Å². The Bertz CT molecular complexity index is 1740. The molecule has 0 spiro atoms. The van der Waals surface area contributed by atoms with Crippen LogP contribution in [0.15, 0.2) is 82.2 Å².